The topological polar surface area (TPSA) is 60.2 Å². The minimum Gasteiger partial charge on any atom is -0.419 e. The third kappa shape index (κ3) is 2.06. The lowest BCUT2D eigenvalue weighted by Gasteiger charge is -2.63. The number of nitrogens with one attached hydrogen (secondary N) is 1. The molecular weight excluding hydrogens is 309 g/mol. The third-order valence-electron chi connectivity index (χ3n) is 6.05. The first-order chi connectivity index (χ1) is 11.8. The van der Waals surface area contributed by atoms with Crippen molar-refractivity contribution in [1.29, 1.82) is 0 Å². The van der Waals surface area contributed by atoms with E-state index in [2.05, 4.69) is 15.5 Å². The van der Waals surface area contributed by atoms with Gasteiger partial charge in [-0.3, -0.25) is 0 Å². The molecule has 0 bridgehead atoms. The number of nitrogens with zero attached hydrogens (tertiary/aromatic N) is 2. The fraction of sp³-hybridized carbons (Fsp3) is 0.556. The minimum absolute atomic E-state index is 0.306. The van der Waals surface area contributed by atoms with Crippen molar-refractivity contribution in [3.8, 4) is 11.5 Å². The number of benzene rings is 1. The van der Waals surface area contributed by atoms with Gasteiger partial charge in [0.2, 0.25) is 11.8 Å². The van der Waals surface area contributed by atoms with Crippen LogP contribution >= 0.6 is 0 Å². The van der Waals surface area contributed by atoms with E-state index in [1.54, 1.807) is 12.1 Å². The van der Waals surface area contributed by atoms with Crippen LogP contribution in [-0.2, 0) is 11.3 Å². The maximum absolute atomic E-state index is 13.3. The van der Waals surface area contributed by atoms with Gasteiger partial charge in [-0.25, -0.2) is 4.39 Å². The van der Waals surface area contributed by atoms with Crippen LogP contribution in [0.5, 0.6) is 0 Å². The molecule has 126 valence electrons. The molecule has 0 amide bonds. The van der Waals surface area contributed by atoms with E-state index in [1.165, 1.54) is 31.4 Å². The number of aromatic nitrogens is 2. The van der Waals surface area contributed by atoms with Crippen molar-refractivity contribution < 1.29 is 13.5 Å². The summed E-state index contributed by atoms with van der Waals surface area (Å²) < 4.78 is 24.9. The molecule has 1 spiro atoms. The van der Waals surface area contributed by atoms with E-state index in [9.17, 15) is 4.39 Å². The van der Waals surface area contributed by atoms with Crippen LogP contribution in [-0.4, -0.2) is 29.0 Å². The summed E-state index contributed by atoms with van der Waals surface area (Å²) in [6.07, 6.45) is 5.40. The number of fused-ring (bicyclic) bond motifs is 2. The Bertz CT molecular complexity index is 758. The van der Waals surface area contributed by atoms with Gasteiger partial charge in [-0.05, 0) is 37.5 Å². The first-order valence-electron chi connectivity index (χ1n) is 8.70. The van der Waals surface area contributed by atoms with E-state index < -0.39 is 0 Å². The molecule has 1 saturated heterocycles. The summed E-state index contributed by atoms with van der Waals surface area (Å²) in [4.78, 5) is 0. The molecule has 5 nitrogen and oxygen atoms in total. The molecule has 6 heteroatoms. The SMILES string of the molecule is Fc1cccc(-c2nnc(CNC3C4CCOC4C34CCC4)o2)c1. The third-order valence-corrected chi connectivity index (χ3v) is 6.05. The van der Waals surface area contributed by atoms with Crippen LogP contribution in [0, 0.1) is 17.2 Å². The fourth-order valence-corrected chi connectivity index (χ4v) is 4.82. The Morgan fingerprint density at radius 2 is 2.21 bits per heavy atom. The predicted octanol–water partition coefficient (Wildman–Crippen LogP) is 2.92. The molecule has 2 aromatic rings. The van der Waals surface area contributed by atoms with E-state index in [1.807, 2.05) is 0 Å². The molecule has 5 rings (SSSR count). The zero-order chi connectivity index (χ0) is 16.1. The number of halogens is 1. The van der Waals surface area contributed by atoms with Crippen LogP contribution in [0.1, 0.15) is 31.6 Å². The highest BCUT2D eigenvalue weighted by Gasteiger charge is 2.66. The average molecular weight is 329 g/mol. The first kappa shape index (κ1) is 14.5. The molecule has 3 atom stereocenters. The van der Waals surface area contributed by atoms with Crippen LogP contribution in [0.2, 0.25) is 0 Å². The number of hydrogen-bond donors (Lipinski definition) is 1. The zero-order valence-electron chi connectivity index (χ0n) is 13.4. The molecule has 2 aliphatic carbocycles. The smallest absolute Gasteiger partial charge is 0.247 e. The van der Waals surface area contributed by atoms with Crippen LogP contribution < -0.4 is 5.32 Å². The molecule has 1 N–H and O–H groups in total. The highest BCUT2D eigenvalue weighted by molar-refractivity contribution is 5.52. The first-order valence-corrected chi connectivity index (χ1v) is 8.70. The summed E-state index contributed by atoms with van der Waals surface area (Å²) in [6.45, 7) is 1.44. The summed E-state index contributed by atoms with van der Waals surface area (Å²) in [5.74, 6) is 1.22. The van der Waals surface area contributed by atoms with E-state index in [4.69, 9.17) is 9.15 Å². The van der Waals surface area contributed by atoms with Gasteiger partial charge in [0.1, 0.15) is 5.82 Å². The number of ether oxygens (including phenoxy) is 1. The molecule has 3 fully saturated rings. The number of rotatable bonds is 4. The van der Waals surface area contributed by atoms with Crippen molar-refractivity contribution in [2.75, 3.05) is 6.61 Å². The van der Waals surface area contributed by atoms with Gasteiger partial charge in [0, 0.05) is 29.5 Å². The van der Waals surface area contributed by atoms with Gasteiger partial charge in [0.25, 0.3) is 0 Å². The van der Waals surface area contributed by atoms with E-state index in [0.717, 1.165) is 13.0 Å². The molecule has 1 aromatic carbocycles. The molecule has 1 aromatic heterocycles. The van der Waals surface area contributed by atoms with Crippen molar-refractivity contribution in [3.05, 3.63) is 36.0 Å². The molecular formula is C18H20FN3O2. The van der Waals surface area contributed by atoms with Gasteiger partial charge in [-0.15, -0.1) is 10.2 Å². The Morgan fingerprint density at radius 3 is 3.00 bits per heavy atom. The summed E-state index contributed by atoms with van der Waals surface area (Å²) in [7, 11) is 0. The quantitative estimate of drug-likeness (QED) is 0.934. The Morgan fingerprint density at radius 1 is 1.29 bits per heavy atom. The molecule has 0 radical (unpaired) electrons. The van der Waals surface area contributed by atoms with E-state index in [-0.39, 0.29) is 5.82 Å². The lowest BCUT2D eigenvalue weighted by Crippen LogP contribution is -2.70. The second-order valence-corrected chi connectivity index (χ2v) is 7.20. The van der Waals surface area contributed by atoms with Gasteiger partial charge in [0.05, 0.1) is 12.6 Å². The van der Waals surface area contributed by atoms with Crippen molar-refractivity contribution in [2.45, 2.75) is 44.4 Å². The molecule has 3 unspecified atom stereocenters. The number of hydrogen-bond acceptors (Lipinski definition) is 5. The summed E-state index contributed by atoms with van der Waals surface area (Å²) in [6, 6.07) is 6.70. The molecule has 1 aliphatic heterocycles. The minimum atomic E-state index is -0.306. The van der Waals surface area contributed by atoms with Gasteiger partial charge < -0.3 is 14.5 Å². The van der Waals surface area contributed by atoms with Gasteiger partial charge in [-0.1, -0.05) is 12.5 Å². The summed E-state index contributed by atoms with van der Waals surface area (Å²) in [5.41, 5.74) is 0.948. The highest BCUT2D eigenvalue weighted by Crippen LogP contribution is 2.62. The van der Waals surface area contributed by atoms with Crippen LogP contribution in [0.15, 0.2) is 28.7 Å². The van der Waals surface area contributed by atoms with Crippen LogP contribution in [0.4, 0.5) is 4.39 Å². The maximum atomic E-state index is 13.3. The normalized spacial score (nSPS) is 30.0. The summed E-state index contributed by atoms with van der Waals surface area (Å²) in [5, 5.41) is 11.8. The predicted molar refractivity (Wildman–Crippen MR) is 84.5 cm³/mol. The zero-order valence-corrected chi connectivity index (χ0v) is 13.4. The Labute approximate surface area is 139 Å². The second kappa shape index (κ2) is 5.36. The van der Waals surface area contributed by atoms with Gasteiger partial charge in [-0.2, -0.15) is 0 Å². The largest absolute Gasteiger partial charge is 0.419 e. The lowest BCUT2D eigenvalue weighted by molar-refractivity contribution is -0.176. The van der Waals surface area contributed by atoms with Gasteiger partial charge in [0.15, 0.2) is 0 Å². The van der Waals surface area contributed by atoms with Gasteiger partial charge >= 0.3 is 0 Å². The molecule has 2 saturated carbocycles. The van der Waals surface area contributed by atoms with Crippen molar-refractivity contribution in [3.63, 3.8) is 0 Å². The second-order valence-electron chi connectivity index (χ2n) is 7.20. The standard InChI is InChI=1S/C18H20FN3O2/c19-12-4-1-3-11(9-12)17-22-21-14(24-17)10-20-15-13-5-8-23-16(13)18(15)6-2-7-18/h1,3-4,9,13,15-16,20H,2,5-8,10H2. The maximum Gasteiger partial charge on any atom is 0.247 e. The molecule has 3 aliphatic rings. The van der Waals surface area contributed by atoms with E-state index >= 15 is 0 Å². The van der Waals surface area contributed by atoms with Crippen molar-refractivity contribution in [2.24, 2.45) is 11.3 Å². The van der Waals surface area contributed by atoms with Crippen molar-refractivity contribution >= 4 is 0 Å². The van der Waals surface area contributed by atoms with E-state index in [0.29, 0.717) is 47.4 Å². The van der Waals surface area contributed by atoms with Crippen LogP contribution in [0.3, 0.4) is 0 Å². The average Bonchev–Trinajstić information content (AvgIpc) is 3.15. The fourth-order valence-electron chi connectivity index (χ4n) is 4.82. The van der Waals surface area contributed by atoms with Crippen LogP contribution in [0.25, 0.3) is 11.5 Å². The lowest BCUT2D eigenvalue weighted by atomic mass is 9.46. The van der Waals surface area contributed by atoms with Crippen molar-refractivity contribution in [1.82, 2.24) is 15.5 Å². The monoisotopic (exact) mass is 329 g/mol. The Kier molecular flexibility index (Phi) is 3.25. The Balaban J connectivity index is 1.28. The molecule has 2 heterocycles. The Hall–Kier alpha value is -1.79. The summed E-state index contributed by atoms with van der Waals surface area (Å²) >= 11 is 0. The molecule has 24 heavy (non-hydrogen) atoms. The highest BCUT2D eigenvalue weighted by atomic mass is 19.1.